The average Bonchev–Trinajstić information content (AvgIpc) is 2.77. The van der Waals surface area contributed by atoms with Gasteiger partial charge in [-0.1, -0.05) is 6.07 Å². The van der Waals surface area contributed by atoms with Crippen molar-refractivity contribution in [1.82, 2.24) is 10.2 Å². The van der Waals surface area contributed by atoms with Crippen LogP contribution in [0.5, 0.6) is 0 Å². The lowest BCUT2D eigenvalue weighted by Gasteiger charge is -2.30. The van der Waals surface area contributed by atoms with Gasteiger partial charge in [-0.2, -0.15) is 0 Å². The Kier molecular flexibility index (Phi) is 4.49. The summed E-state index contributed by atoms with van der Waals surface area (Å²) in [6.07, 6.45) is 0.112. The van der Waals surface area contributed by atoms with Gasteiger partial charge >= 0.3 is 0 Å². The van der Waals surface area contributed by atoms with Crippen LogP contribution in [0.4, 0.5) is 13.2 Å². The number of carbonyl (C=O) groups is 1. The van der Waals surface area contributed by atoms with Crippen molar-refractivity contribution in [3.05, 3.63) is 35.1 Å². The molecule has 3 rings (SSSR count). The molecule has 2 heterocycles. The van der Waals surface area contributed by atoms with Gasteiger partial charge < -0.3 is 4.90 Å². The van der Waals surface area contributed by atoms with E-state index < -0.39 is 24.9 Å². The number of hydrogen-bond acceptors (Lipinski definition) is 2. The number of hydrogen-bond donors (Lipinski definition) is 1. The Morgan fingerprint density at radius 1 is 1.33 bits per heavy atom. The van der Waals surface area contributed by atoms with E-state index in [2.05, 4.69) is 5.32 Å². The normalized spacial score (nSPS) is 23.4. The maximum Gasteiger partial charge on any atom is 0.262 e. The van der Waals surface area contributed by atoms with Gasteiger partial charge in [-0.15, -0.1) is 12.4 Å². The molecule has 1 aromatic rings. The summed E-state index contributed by atoms with van der Waals surface area (Å²) in [5.74, 6) is -3.39. The van der Waals surface area contributed by atoms with Crippen LogP contribution < -0.4 is 5.32 Å². The highest BCUT2D eigenvalue weighted by Gasteiger charge is 2.43. The molecule has 0 aliphatic carbocycles. The highest BCUT2D eigenvalue weighted by Crippen LogP contribution is 2.27. The Morgan fingerprint density at radius 3 is 2.76 bits per heavy atom. The molecule has 1 unspecified atom stereocenters. The van der Waals surface area contributed by atoms with Crippen LogP contribution in [0.15, 0.2) is 18.2 Å². The molecule has 1 atom stereocenters. The highest BCUT2D eigenvalue weighted by atomic mass is 35.5. The zero-order valence-electron chi connectivity index (χ0n) is 11.2. The molecule has 1 N–H and O–H groups in total. The highest BCUT2D eigenvalue weighted by molar-refractivity contribution is 5.85. The number of rotatable bonds is 1. The van der Waals surface area contributed by atoms with E-state index in [1.807, 2.05) is 0 Å². The molecule has 7 heteroatoms. The number of nitrogens with one attached hydrogen (secondary N) is 1. The summed E-state index contributed by atoms with van der Waals surface area (Å²) in [6.45, 7) is 0.357. The lowest BCUT2D eigenvalue weighted by molar-refractivity contribution is -0.134. The van der Waals surface area contributed by atoms with Gasteiger partial charge in [0.05, 0.1) is 12.6 Å². The van der Waals surface area contributed by atoms with Gasteiger partial charge in [0.25, 0.3) is 5.92 Å². The van der Waals surface area contributed by atoms with Crippen molar-refractivity contribution in [2.75, 3.05) is 13.1 Å². The van der Waals surface area contributed by atoms with E-state index in [1.54, 1.807) is 11.0 Å². The number of halogens is 4. The number of benzene rings is 1. The molecule has 2 aliphatic rings. The Labute approximate surface area is 126 Å². The maximum absolute atomic E-state index is 13.1. The van der Waals surface area contributed by atoms with Crippen LogP contribution in [0, 0.1) is 5.82 Å². The standard InChI is InChI=1S/C14H15F3N2O.ClH/c15-11-2-1-10-7-19(4-3-9(10)5-11)13(20)12-6-14(16,17)8-18-12;/h1-2,5,12,18H,3-4,6-8H2;1H. The van der Waals surface area contributed by atoms with Crippen LogP contribution in [-0.2, 0) is 17.8 Å². The zero-order valence-corrected chi connectivity index (χ0v) is 12.1. The van der Waals surface area contributed by atoms with Gasteiger partial charge in [0.2, 0.25) is 5.91 Å². The minimum absolute atomic E-state index is 0. The van der Waals surface area contributed by atoms with Gasteiger partial charge in [0.15, 0.2) is 0 Å². The van der Waals surface area contributed by atoms with Gasteiger partial charge in [0, 0.05) is 19.5 Å². The molecule has 1 amide bonds. The number of alkyl halides is 2. The molecule has 0 spiro atoms. The molecule has 2 aliphatic heterocycles. The van der Waals surface area contributed by atoms with Crippen LogP contribution in [0.3, 0.4) is 0 Å². The number of nitrogens with zero attached hydrogens (tertiary/aromatic N) is 1. The first-order chi connectivity index (χ1) is 9.44. The summed E-state index contributed by atoms with van der Waals surface area (Å²) in [7, 11) is 0. The van der Waals surface area contributed by atoms with E-state index in [1.165, 1.54) is 12.1 Å². The van der Waals surface area contributed by atoms with Crippen LogP contribution in [0.1, 0.15) is 17.5 Å². The zero-order chi connectivity index (χ0) is 14.3. The van der Waals surface area contributed by atoms with E-state index in [4.69, 9.17) is 0 Å². The quantitative estimate of drug-likeness (QED) is 0.860. The molecule has 116 valence electrons. The van der Waals surface area contributed by atoms with Crippen molar-refractivity contribution < 1.29 is 18.0 Å². The lowest BCUT2D eigenvalue weighted by atomic mass is 9.99. The fourth-order valence-electron chi connectivity index (χ4n) is 2.82. The van der Waals surface area contributed by atoms with Gasteiger partial charge in [-0.25, -0.2) is 13.2 Å². The second-order valence-electron chi connectivity index (χ2n) is 5.42. The maximum atomic E-state index is 13.1. The first-order valence-electron chi connectivity index (χ1n) is 6.62. The third-order valence-electron chi connectivity index (χ3n) is 3.90. The van der Waals surface area contributed by atoms with Crippen LogP contribution in [0.2, 0.25) is 0 Å². The summed E-state index contributed by atoms with van der Waals surface area (Å²) in [5.41, 5.74) is 1.77. The second kappa shape index (κ2) is 5.85. The largest absolute Gasteiger partial charge is 0.337 e. The number of fused-ring (bicyclic) bond motifs is 1. The van der Waals surface area contributed by atoms with E-state index in [0.29, 0.717) is 19.5 Å². The predicted octanol–water partition coefficient (Wildman–Crippen LogP) is 2.13. The Balaban J connectivity index is 0.00000161. The molecule has 1 fully saturated rings. The van der Waals surface area contributed by atoms with E-state index in [9.17, 15) is 18.0 Å². The Bertz CT molecular complexity index is 553. The molecule has 1 saturated heterocycles. The molecule has 0 bridgehead atoms. The topological polar surface area (TPSA) is 32.3 Å². The van der Waals surface area contributed by atoms with Gasteiger partial charge in [-0.3, -0.25) is 10.1 Å². The van der Waals surface area contributed by atoms with Crippen molar-refractivity contribution in [2.45, 2.75) is 31.4 Å². The molecule has 0 radical (unpaired) electrons. The fourth-order valence-corrected chi connectivity index (χ4v) is 2.82. The smallest absolute Gasteiger partial charge is 0.262 e. The number of amides is 1. The molecule has 1 aromatic carbocycles. The Morgan fingerprint density at radius 2 is 2.10 bits per heavy atom. The summed E-state index contributed by atoms with van der Waals surface area (Å²) in [5, 5.41) is 2.58. The van der Waals surface area contributed by atoms with E-state index >= 15 is 0 Å². The predicted molar refractivity (Wildman–Crippen MR) is 74.1 cm³/mol. The SMILES string of the molecule is Cl.O=C(C1CC(F)(F)CN1)N1CCc2cc(F)ccc2C1. The lowest BCUT2D eigenvalue weighted by Crippen LogP contribution is -2.45. The van der Waals surface area contributed by atoms with Crippen molar-refractivity contribution >= 4 is 18.3 Å². The molecular weight excluding hydrogens is 305 g/mol. The third kappa shape index (κ3) is 3.32. The molecule has 0 aromatic heterocycles. The van der Waals surface area contributed by atoms with Crippen LogP contribution in [0.25, 0.3) is 0 Å². The third-order valence-corrected chi connectivity index (χ3v) is 3.90. The summed E-state index contributed by atoms with van der Waals surface area (Å²) < 4.78 is 39.4. The van der Waals surface area contributed by atoms with Crippen LogP contribution in [-0.4, -0.2) is 35.9 Å². The second-order valence-corrected chi connectivity index (χ2v) is 5.42. The number of carbonyl (C=O) groups excluding carboxylic acids is 1. The minimum atomic E-state index is -2.81. The summed E-state index contributed by atoms with van der Waals surface area (Å²) in [4.78, 5) is 13.8. The molecule has 3 nitrogen and oxygen atoms in total. The molecule has 21 heavy (non-hydrogen) atoms. The van der Waals surface area contributed by atoms with Gasteiger partial charge in [-0.05, 0) is 29.7 Å². The first-order valence-corrected chi connectivity index (χ1v) is 6.62. The Hall–Kier alpha value is -1.27. The van der Waals surface area contributed by atoms with Gasteiger partial charge in [0.1, 0.15) is 5.82 Å². The minimum Gasteiger partial charge on any atom is -0.337 e. The monoisotopic (exact) mass is 320 g/mol. The van der Waals surface area contributed by atoms with E-state index in [-0.39, 0.29) is 24.1 Å². The summed E-state index contributed by atoms with van der Waals surface area (Å²) >= 11 is 0. The average molecular weight is 321 g/mol. The summed E-state index contributed by atoms with van der Waals surface area (Å²) in [6, 6.07) is 3.67. The first kappa shape index (κ1) is 16.1. The van der Waals surface area contributed by atoms with E-state index in [0.717, 1.165) is 11.1 Å². The van der Waals surface area contributed by atoms with Crippen molar-refractivity contribution in [2.24, 2.45) is 0 Å². The van der Waals surface area contributed by atoms with Crippen molar-refractivity contribution in [1.29, 1.82) is 0 Å². The molecular formula is C14H16ClF3N2O. The fraction of sp³-hybridized carbons (Fsp3) is 0.500. The van der Waals surface area contributed by atoms with Crippen LogP contribution >= 0.6 is 12.4 Å². The molecule has 0 saturated carbocycles. The van der Waals surface area contributed by atoms with Crippen molar-refractivity contribution in [3.63, 3.8) is 0 Å². The van der Waals surface area contributed by atoms with Crippen molar-refractivity contribution in [3.8, 4) is 0 Å².